The second kappa shape index (κ2) is 5.78. The van der Waals surface area contributed by atoms with Crippen LogP contribution in [0.3, 0.4) is 0 Å². The van der Waals surface area contributed by atoms with Crippen LogP contribution in [0, 0.1) is 5.82 Å². The summed E-state index contributed by atoms with van der Waals surface area (Å²) in [5, 5.41) is 3.52. The number of hydrogen-bond acceptors (Lipinski definition) is 3. The Hall–Kier alpha value is -0.970. The Labute approximate surface area is 110 Å². The summed E-state index contributed by atoms with van der Waals surface area (Å²) in [6.45, 7) is 0.670. The van der Waals surface area contributed by atoms with Crippen molar-refractivity contribution in [1.82, 2.24) is 5.32 Å². The predicted molar refractivity (Wildman–Crippen MR) is 67.3 cm³/mol. The quantitative estimate of drug-likeness (QED) is 0.910. The first-order chi connectivity index (χ1) is 8.60. The maximum atomic E-state index is 13.1. The molecule has 1 heterocycles. The van der Waals surface area contributed by atoms with Gasteiger partial charge in [0.2, 0.25) is 0 Å². The average Bonchev–Trinajstić information content (AvgIpc) is 2.82. The van der Waals surface area contributed by atoms with Crippen LogP contribution in [0.2, 0.25) is 5.02 Å². The van der Waals surface area contributed by atoms with Crippen LogP contribution in [0.25, 0.3) is 0 Å². The molecule has 1 aliphatic heterocycles. The van der Waals surface area contributed by atoms with Gasteiger partial charge in [-0.05, 0) is 30.2 Å². The summed E-state index contributed by atoms with van der Waals surface area (Å²) in [7, 11) is 1.63. The smallest absolute Gasteiger partial charge is 0.154 e. The SMILES string of the molecule is COC1CNC(C(=O)Cc2cc(F)ccc2Cl)C1. The van der Waals surface area contributed by atoms with Crippen LogP contribution >= 0.6 is 11.6 Å². The number of halogens is 2. The van der Waals surface area contributed by atoms with Crippen molar-refractivity contribution < 1.29 is 13.9 Å². The highest BCUT2D eigenvalue weighted by molar-refractivity contribution is 6.31. The lowest BCUT2D eigenvalue weighted by molar-refractivity contribution is -0.120. The highest BCUT2D eigenvalue weighted by atomic mass is 35.5. The molecule has 1 aliphatic rings. The molecule has 0 aliphatic carbocycles. The van der Waals surface area contributed by atoms with Gasteiger partial charge in [0.15, 0.2) is 5.78 Å². The molecular weight excluding hydrogens is 257 g/mol. The number of hydrogen-bond donors (Lipinski definition) is 1. The number of nitrogens with one attached hydrogen (secondary N) is 1. The van der Waals surface area contributed by atoms with E-state index in [4.69, 9.17) is 16.3 Å². The van der Waals surface area contributed by atoms with Crippen molar-refractivity contribution in [1.29, 1.82) is 0 Å². The maximum absolute atomic E-state index is 13.1. The van der Waals surface area contributed by atoms with Gasteiger partial charge in [0, 0.05) is 25.1 Å². The Morgan fingerprint density at radius 3 is 3.06 bits per heavy atom. The van der Waals surface area contributed by atoms with E-state index in [2.05, 4.69) is 5.32 Å². The van der Waals surface area contributed by atoms with Crippen molar-refractivity contribution in [2.75, 3.05) is 13.7 Å². The number of ether oxygens (including phenoxy) is 1. The topological polar surface area (TPSA) is 38.3 Å². The molecule has 98 valence electrons. The van der Waals surface area contributed by atoms with Gasteiger partial charge in [-0.15, -0.1) is 0 Å². The van der Waals surface area contributed by atoms with Crippen molar-refractivity contribution in [3.8, 4) is 0 Å². The van der Waals surface area contributed by atoms with Crippen LogP contribution in [-0.4, -0.2) is 31.6 Å². The molecule has 2 atom stereocenters. The average molecular weight is 272 g/mol. The molecule has 18 heavy (non-hydrogen) atoms. The Bertz CT molecular complexity index is 453. The number of rotatable bonds is 4. The van der Waals surface area contributed by atoms with Gasteiger partial charge in [-0.3, -0.25) is 4.79 Å². The Morgan fingerprint density at radius 2 is 2.39 bits per heavy atom. The van der Waals surface area contributed by atoms with Gasteiger partial charge in [0.25, 0.3) is 0 Å². The number of ketones is 1. The molecule has 1 N–H and O–H groups in total. The molecular formula is C13H15ClFNO2. The Morgan fingerprint density at radius 1 is 1.61 bits per heavy atom. The van der Waals surface area contributed by atoms with Crippen LogP contribution in [0.4, 0.5) is 4.39 Å². The molecule has 2 unspecified atom stereocenters. The Balaban J connectivity index is 2.01. The molecule has 0 saturated carbocycles. The van der Waals surface area contributed by atoms with E-state index in [0.29, 0.717) is 23.6 Å². The van der Waals surface area contributed by atoms with Crippen molar-refractivity contribution in [2.24, 2.45) is 0 Å². The molecule has 3 nitrogen and oxygen atoms in total. The molecule has 2 rings (SSSR count). The van der Waals surface area contributed by atoms with Crippen LogP contribution in [-0.2, 0) is 16.0 Å². The molecule has 0 amide bonds. The first-order valence-corrected chi connectivity index (χ1v) is 6.20. The molecule has 0 spiro atoms. The van der Waals surface area contributed by atoms with E-state index >= 15 is 0 Å². The van der Waals surface area contributed by atoms with Crippen molar-refractivity contribution in [3.63, 3.8) is 0 Å². The zero-order chi connectivity index (χ0) is 13.1. The summed E-state index contributed by atoms with van der Waals surface area (Å²) < 4.78 is 18.3. The van der Waals surface area contributed by atoms with Gasteiger partial charge in [0.05, 0.1) is 12.1 Å². The van der Waals surface area contributed by atoms with Crippen LogP contribution in [0.5, 0.6) is 0 Å². The zero-order valence-electron chi connectivity index (χ0n) is 10.1. The summed E-state index contributed by atoms with van der Waals surface area (Å²) >= 11 is 5.94. The van der Waals surface area contributed by atoms with Gasteiger partial charge in [-0.25, -0.2) is 4.39 Å². The number of benzene rings is 1. The third-order valence-corrected chi connectivity index (χ3v) is 3.55. The van der Waals surface area contributed by atoms with Gasteiger partial charge in [0.1, 0.15) is 5.82 Å². The van der Waals surface area contributed by atoms with Crippen LogP contribution in [0.15, 0.2) is 18.2 Å². The summed E-state index contributed by atoms with van der Waals surface area (Å²) in [5.74, 6) is -0.363. The fraction of sp³-hybridized carbons (Fsp3) is 0.462. The van der Waals surface area contributed by atoms with Crippen LogP contribution in [0.1, 0.15) is 12.0 Å². The number of Topliss-reactive ketones (excluding diaryl/α,β-unsaturated/α-hetero) is 1. The van der Waals surface area contributed by atoms with E-state index in [1.54, 1.807) is 7.11 Å². The molecule has 0 bridgehead atoms. The molecule has 5 heteroatoms. The molecule has 1 fully saturated rings. The molecule has 0 aromatic heterocycles. The minimum absolute atomic E-state index is 0.0158. The molecule has 1 aromatic carbocycles. The van der Waals surface area contributed by atoms with Crippen molar-refractivity contribution in [2.45, 2.75) is 25.0 Å². The number of carbonyl (C=O) groups excluding carboxylic acids is 1. The van der Waals surface area contributed by atoms with E-state index in [-0.39, 0.29) is 30.2 Å². The normalized spacial score (nSPS) is 23.3. The van der Waals surface area contributed by atoms with Crippen molar-refractivity contribution >= 4 is 17.4 Å². The Kier molecular flexibility index (Phi) is 4.32. The monoisotopic (exact) mass is 271 g/mol. The third kappa shape index (κ3) is 3.07. The van der Waals surface area contributed by atoms with E-state index < -0.39 is 0 Å². The molecule has 0 radical (unpaired) electrons. The molecule has 1 saturated heterocycles. The van der Waals surface area contributed by atoms with Gasteiger partial charge in [-0.1, -0.05) is 11.6 Å². The number of methoxy groups -OCH3 is 1. The van der Waals surface area contributed by atoms with Crippen molar-refractivity contribution in [3.05, 3.63) is 34.6 Å². The first kappa shape index (κ1) is 13.5. The fourth-order valence-corrected chi connectivity index (χ4v) is 2.30. The maximum Gasteiger partial charge on any atom is 0.154 e. The first-order valence-electron chi connectivity index (χ1n) is 5.83. The summed E-state index contributed by atoms with van der Waals surface area (Å²) in [6, 6.07) is 3.84. The van der Waals surface area contributed by atoms with E-state index in [0.717, 1.165) is 0 Å². The van der Waals surface area contributed by atoms with Crippen LogP contribution < -0.4 is 5.32 Å². The standard InChI is InChI=1S/C13H15ClFNO2/c1-18-10-6-12(16-7-10)13(17)5-8-4-9(15)2-3-11(8)14/h2-4,10,12,16H,5-7H2,1H3. The van der Waals surface area contributed by atoms with Gasteiger partial charge >= 0.3 is 0 Å². The second-order valence-electron chi connectivity index (χ2n) is 4.43. The van der Waals surface area contributed by atoms with Gasteiger partial charge < -0.3 is 10.1 Å². The fourth-order valence-electron chi connectivity index (χ4n) is 2.12. The largest absolute Gasteiger partial charge is 0.380 e. The third-order valence-electron chi connectivity index (χ3n) is 3.18. The summed E-state index contributed by atoms with van der Waals surface area (Å²) in [5.41, 5.74) is 0.532. The lowest BCUT2D eigenvalue weighted by Gasteiger charge is -2.10. The summed E-state index contributed by atoms with van der Waals surface area (Å²) in [4.78, 5) is 12.0. The van der Waals surface area contributed by atoms with E-state index in [1.165, 1.54) is 18.2 Å². The van der Waals surface area contributed by atoms with Gasteiger partial charge in [-0.2, -0.15) is 0 Å². The highest BCUT2D eigenvalue weighted by Crippen LogP contribution is 2.20. The summed E-state index contributed by atoms with van der Waals surface area (Å²) in [6.07, 6.45) is 0.870. The minimum atomic E-state index is -0.378. The lowest BCUT2D eigenvalue weighted by Crippen LogP contribution is -2.31. The predicted octanol–water partition coefficient (Wildman–Crippen LogP) is 1.97. The molecule has 1 aromatic rings. The number of carbonyl (C=O) groups is 1. The van der Waals surface area contributed by atoms with E-state index in [1.807, 2.05) is 0 Å². The second-order valence-corrected chi connectivity index (χ2v) is 4.84. The lowest BCUT2D eigenvalue weighted by atomic mass is 10.0. The highest BCUT2D eigenvalue weighted by Gasteiger charge is 2.29. The minimum Gasteiger partial charge on any atom is -0.380 e. The zero-order valence-corrected chi connectivity index (χ0v) is 10.8. The van der Waals surface area contributed by atoms with E-state index in [9.17, 15) is 9.18 Å².